The molecule has 0 aromatic heterocycles. The maximum atomic E-state index is 14.7. The van der Waals surface area contributed by atoms with Crippen LogP contribution in [0.2, 0.25) is 0 Å². The second kappa shape index (κ2) is 7.05. The predicted molar refractivity (Wildman–Crippen MR) is 124 cm³/mol. The Kier molecular flexibility index (Phi) is 4.44. The number of rotatable bonds is 3. The molecule has 0 heterocycles. The first-order chi connectivity index (χ1) is 14.9. The van der Waals surface area contributed by atoms with Gasteiger partial charge in [-0.1, -0.05) is 68.4 Å². The van der Waals surface area contributed by atoms with Crippen molar-refractivity contribution in [1.82, 2.24) is 0 Å². The van der Waals surface area contributed by atoms with E-state index in [0.29, 0.717) is 11.4 Å². The average molecular weight is 411 g/mol. The number of fused-ring (bicyclic) bond motifs is 3. The molecule has 154 valence electrons. The van der Waals surface area contributed by atoms with Crippen LogP contribution in [0.4, 0.5) is 20.2 Å². The first-order valence-corrected chi connectivity index (χ1v) is 10.4. The summed E-state index contributed by atoms with van der Waals surface area (Å²) in [6.07, 6.45) is 0. The molecule has 31 heavy (non-hydrogen) atoms. The second-order valence-electron chi connectivity index (χ2n) is 8.61. The lowest BCUT2D eigenvalue weighted by molar-refractivity contribution is 0.617. The van der Waals surface area contributed by atoms with Gasteiger partial charge in [-0.3, -0.25) is 0 Å². The van der Waals surface area contributed by atoms with E-state index in [0.717, 1.165) is 11.1 Å². The van der Waals surface area contributed by atoms with Crippen LogP contribution in [-0.2, 0) is 5.41 Å². The van der Waals surface area contributed by atoms with Gasteiger partial charge in [0.1, 0.15) is 11.6 Å². The smallest absolute Gasteiger partial charge is 0.146 e. The van der Waals surface area contributed by atoms with Gasteiger partial charge < -0.3 is 4.90 Å². The van der Waals surface area contributed by atoms with E-state index in [1.54, 1.807) is 42.3 Å². The Balaban J connectivity index is 1.61. The minimum atomic E-state index is -0.387. The molecule has 0 fully saturated rings. The van der Waals surface area contributed by atoms with E-state index in [2.05, 4.69) is 56.3 Å². The Bertz CT molecular complexity index is 1310. The first-order valence-electron chi connectivity index (χ1n) is 10.4. The molecule has 1 aliphatic rings. The summed E-state index contributed by atoms with van der Waals surface area (Å²) >= 11 is 0. The molecule has 0 spiro atoms. The summed E-state index contributed by atoms with van der Waals surface area (Å²) in [4.78, 5) is 1.56. The standard InChI is InChI=1S/C28H23F2N/c1-28(2)22-9-5-4-8-20(22)21-16-18(12-14-23(21)28)19-13-15-25(30)27(17-19)31(3)26-11-7-6-10-24(26)29/h4-17H,1-3H3. The quantitative estimate of drug-likeness (QED) is 0.334. The molecule has 1 aliphatic carbocycles. The maximum Gasteiger partial charge on any atom is 0.146 e. The minimum absolute atomic E-state index is 0.0521. The van der Waals surface area contributed by atoms with Gasteiger partial charge in [0.15, 0.2) is 0 Å². The average Bonchev–Trinajstić information content (AvgIpc) is 3.01. The Labute approximate surface area is 181 Å². The largest absolute Gasteiger partial charge is 0.340 e. The van der Waals surface area contributed by atoms with Crippen LogP contribution in [0.25, 0.3) is 22.3 Å². The lowest BCUT2D eigenvalue weighted by atomic mass is 9.82. The van der Waals surface area contributed by atoms with E-state index in [1.807, 2.05) is 0 Å². The van der Waals surface area contributed by atoms with E-state index in [9.17, 15) is 8.78 Å². The van der Waals surface area contributed by atoms with E-state index in [1.165, 1.54) is 34.4 Å². The van der Waals surface area contributed by atoms with Crippen molar-refractivity contribution in [3.8, 4) is 22.3 Å². The number of para-hydroxylation sites is 1. The predicted octanol–water partition coefficient (Wildman–Crippen LogP) is 7.71. The van der Waals surface area contributed by atoms with Crippen molar-refractivity contribution < 1.29 is 8.78 Å². The molecule has 3 heteroatoms. The Morgan fingerprint density at radius 3 is 2.03 bits per heavy atom. The molecular formula is C28H23F2N. The number of hydrogen-bond donors (Lipinski definition) is 0. The molecule has 0 radical (unpaired) electrons. The van der Waals surface area contributed by atoms with Crippen molar-refractivity contribution in [2.45, 2.75) is 19.3 Å². The molecule has 0 saturated heterocycles. The number of nitrogens with zero attached hydrogens (tertiary/aromatic N) is 1. The summed E-state index contributed by atoms with van der Waals surface area (Å²) in [6, 6.07) is 26.4. The van der Waals surface area contributed by atoms with Crippen molar-refractivity contribution in [2.24, 2.45) is 0 Å². The zero-order valence-corrected chi connectivity index (χ0v) is 17.8. The fourth-order valence-electron chi connectivity index (χ4n) is 4.70. The minimum Gasteiger partial charge on any atom is -0.340 e. The van der Waals surface area contributed by atoms with Gasteiger partial charge in [-0.2, -0.15) is 0 Å². The van der Waals surface area contributed by atoms with Crippen LogP contribution < -0.4 is 4.90 Å². The Morgan fingerprint density at radius 1 is 0.613 bits per heavy atom. The zero-order chi connectivity index (χ0) is 21.8. The van der Waals surface area contributed by atoms with E-state index in [-0.39, 0.29) is 17.0 Å². The first kappa shape index (κ1) is 19.5. The van der Waals surface area contributed by atoms with Gasteiger partial charge in [0.25, 0.3) is 0 Å². The van der Waals surface area contributed by atoms with Crippen molar-refractivity contribution in [1.29, 1.82) is 0 Å². The fourth-order valence-corrected chi connectivity index (χ4v) is 4.70. The molecule has 5 rings (SSSR count). The van der Waals surface area contributed by atoms with Crippen molar-refractivity contribution in [2.75, 3.05) is 11.9 Å². The lowest BCUT2D eigenvalue weighted by Gasteiger charge is -2.22. The molecule has 4 aromatic rings. The molecule has 0 aliphatic heterocycles. The molecule has 4 aromatic carbocycles. The van der Waals surface area contributed by atoms with Crippen molar-refractivity contribution >= 4 is 11.4 Å². The molecule has 0 atom stereocenters. The van der Waals surface area contributed by atoms with Crippen molar-refractivity contribution in [3.63, 3.8) is 0 Å². The summed E-state index contributed by atoms with van der Waals surface area (Å²) in [5.74, 6) is -0.770. The van der Waals surface area contributed by atoms with E-state index >= 15 is 0 Å². The van der Waals surface area contributed by atoms with Gasteiger partial charge in [0.05, 0.1) is 11.4 Å². The van der Waals surface area contributed by atoms with E-state index in [4.69, 9.17) is 0 Å². The third-order valence-electron chi connectivity index (χ3n) is 6.44. The van der Waals surface area contributed by atoms with Crippen LogP contribution in [0, 0.1) is 11.6 Å². The molecule has 0 bridgehead atoms. The normalized spacial score (nSPS) is 13.6. The fraction of sp³-hybridized carbons (Fsp3) is 0.143. The topological polar surface area (TPSA) is 3.24 Å². The summed E-state index contributed by atoms with van der Waals surface area (Å²) < 4.78 is 29.0. The molecule has 0 unspecified atom stereocenters. The highest BCUT2D eigenvalue weighted by atomic mass is 19.1. The monoisotopic (exact) mass is 411 g/mol. The Morgan fingerprint density at radius 2 is 1.23 bits per heavy atom. The third kappa shape index (κ3) is 3.04. The van der Waals surface area contributed by atoms with Gasteiger partial charge in [-0.15, -0.1) is 0 Å². The van der Waals surface area contributed by atoms with Crippen LogP contribution in [0.15, 0.2) is 84.9 Å². The molecular weight excluding hydrogens is 388 g/mol. The highest BCUT2D eigenvalue weighted by Crippen LogP contribution is 2.49. The number of benzene rings is 4. The van der Waals surface area contributed by atoms with Gasteiger partial charge in [-0.05, 0) is 63.7 Å². The summed E-state index contributed by atoms with van der Waals surface area (Å²) in [6.45, 7) is 4.49. The number of anilines is 2. The van der Waals surface area contributed by atoms with Gasteiger partial charge >= 0.3 is 0 Å². The summed E-state index contributed by atoms with van der Waals surface area (Å²) in [5, 5.41) is 0. The molecule has 0 saturated carbocycles. The highest BCUT2D eigenvalue weighted by Gasteiger charge is 2.35. The SMILES string of the molecule is CN(c1ccccc1F)c1cc(-c2ccc3c(c2)-c2ccccc2C3(C)C)ccc1F. The van der Waals surface area contributed by atoms with Gasteiger partial charge in [-0.25, -0.2) is 8.78 Å². The lowest BCUT2D eigenvalue weighted by Crippen LogP contribution is -2.14. The summed E-state index contributed by atoms with van der Waals surface area (Å²) in [5.41, 5.74) is 7.60. The van der Waals surface area contributed by atoms with Crippen LogP contribution in [-0.4, -0.2) is 7.05 Å². The summed E-state index contributed by atoms with van der Waals surface area (Å²) in [7, 11) is 1.68. The molecule has 0 N–H and O–H groups in total. The van der Waals surface area contributed by atoms with E-state index < -0.39 is 0 Å². The molecule has 0 amide bonds. The van der Waals surface area contributed by atoms with Gasteiger partial charge in [0, 0.05) is 12.5 Å². The zero-order valence-electron chi connectivity index (χ0n) is 17.8. The van der Waals surface area contributed by atoms with Crippen molar-refractivity contribution in [3.05, 3.63) is 108 Å². The maximum absolute atomic E-state index is 14.7. The number of hydrogen-bond acceptors (Lipinski definition) is 1. The second-order valence-corrected chi connectivity index (χ2v) is 8.61. The van der Waals surface area contributed by atoms with Crippen LogP contribution in [0.1, 0.15) is 25.0 Å². The van der Waals surface area contributed by atoms with Crippen LogP contribution in [0.3, 0.4) is 0 Å². The van der Waals surface area contributed by atoms with Crippen LogP contribution in [0.5, 0.6) is 0 Å². The van der Waals surface area contributed by atoms with Gasteiger partial charge in [0.2, 0.25) is 0 Å². The third-order valence-corrected chi connectivity index (χ3v) is 6.44. The highest BCUT2D eigenvalue weighted by molar-refractivity contribution is 5.85. The Hall–Kier alpha value is -3.46. The number of halogens is 2. The van der Waals surface area contributed by atoms with Crippen LogP contribution >= 0.6 is 0 Å². The molecule has 1 nitrogen and oxygen atoms in total.